The molecular weight excluding hydrogens is 228 g/mol. The largest absolute Gasteiger partial charge is 0.507 e. The van der Waals surface area contributed by atoms with E-state index in [1.165, 1.54) is 0 Å². The molecule has 1 aromatic carbocycles. The maximum atomic E-state index is 12.3. The fourth-order valence-electron chi connectivity index (χ4n) is 2.39. The van der Waals surface area contributed by atoms with Crippen molar-refractivity contribution in [3.05, 3.63) is 29.8 Å². The first-order valence-electron chi connectivity index (χ1n) is 6.33. The summed E-state index contributed by atoms with van der Waals surface area (Å²) >= 11 is 0. The lowest BCUT2D eigenvalue weighted by atomic mass is 10.0. The molecule has 1 aliphatic rings. The number of rotatable bonds is 2. The number of amides is 1. The highest BCUT2D eigenvalue weighted by Crippen LogP contribution is 2.21. The minimum absolute atomic E-state index is 0.0643. The lowest BCUT2D eigenvalue weighted by Gasteiger charge is -2.36. The summed E-state index contributed by atoms with van der Waals surface area (Å²) in [4.78, 5) is 16.3. The smallest absolute Gasteiger partial charge is 0.257 e. The normalized spacial score (nSPS) is 20.2. The first kappa shape index (κ1) is 12.9. The average molecular weight is 248 g/mol. The summed E-state index contributed by atoms with van der Waals surface area (Å²) in [6.45, 7) is 1.51. The van der Waals surface area contributed by atoms with E-state index >= 15 is 0 Å². The highest BCUT2D eigenvalue weighted by molar-refractivity contribution is 5.96. The van der Waals surface area contributed by atoms with Crippen LogP contribution in [0, 0.1) is 0 Å². The van der Waals surface area contributed by atoms with Crippen LogP contribution in [0.1, 0.15) is 23.2 Å². The topological polar surface area (TPSA) is 43.8 Å². The second kappa shape index (κ2) is 5.40. The van der Waals surface area contributed by atoms with Crippen molar-refractivity contribution in [3.8, 4) is 5.75 Å². The van der Waals surface area contributed by atoms with Gasteiger partial charge in [0, 0.05) is 19.1 Å². The Labute approximate surface area is 108 Å². The van der Waals surface area contributed by atoms with Gasteiger partial charge < -0.3 is 14.9 Å². The monoisotopic (exact) mass is 248 g/mol. The number of piperidine rings is 1. The molecule has 0 saturated carbocycles. The Hall–Kier alpha value is -1.55. The zero-order chi connectivity index (χ0) is 13.1. The molecule has 98 valence electrons. The number of hydrogen-bond acceptors (Lipinski definition) is 3. The fourth-order valence-corrected chi connectivity index (χ4v) is 2.39. The van der Waals surface area contributed by atoms with Crippen LogP contribution in [0.25, 0.3) is 0 Å². The highest BCUT2D eigenvalue weighted by Gasteiger charge is 2.26. The van der Waals surface area contributed by atoms with E-state index in [0.29, 0.717) is 11.6 Å². The summed E-state index contributed by atoms with van der Waals surface area (Å²) in [7, 11) is 4.08. The molecule has 1 N–H and O–H groups in total. The van der Waals surface area contributed by atoms with Gasteiger partial charge in [-0.05, 0) is 39.1 Å². The summed E-state index contributed by atoms with van der Waals surface area (Å²) in [5.41, 5.74) is 0.400. The number of aromatic hydroxyl groups is 1. The van der Waals surface area contributed by atoms with Crippen molar-refractivity contribution in [2.45, 2.75) is 18.9 Å². The Morgan fingerprint density at radius 3 is 2.78 bits per heavy atom. The number of carbonyl (C=O) groups is 1. The van der Waals surface area contributed by atoms with E-state index in [1.54, 1.807) is 24.3 Å². The fraction of sp³-hybridized carbons (Fsp3) is 0.500. The Bertz CT molecular complexity index is 432. The van der Waals surface area contributed by atoms with Gasteiger partial charge in [-0.15, -0.1) is 0 Å². The van der Waals surface area contributed by atoms with Crippen LogP contribution >= 0.6 is 0 Å². The molecule has 1 heterocycles. The molecule has 1 unspecified atom stereocenters. The van der Waals surface area contributed by atoms with Gasteiger partial charge in [0.05, 0.1) is 5.56 Å². The van der Waals surface area contributed by atoms with E-state index in [0.717, 1.165) is 25.9 Å². The quantitative estimate of drug-likeness (QED) is 0.863. The molecule has 18 heavy (non-hydrogen) atoms. The van der Waals surface area contributed by atoms with Crippen LogP contribution in [0.2, 0.25) is 0 Å². The number of likely N-dealkylation sites (N-methyl/N-ethyl adjacent to an activating group) is 1. The van der Waals surface area contributed by atoms with Crippen molar-refractivity contribution in [2.75, 3.05) is 27.2 Å². The van der Waals surface area contributed by atoms with E-state index in [2.05, 4.69) is 4.90 Å². The zero-order valence-corrected chi connectivity index (χ0v) is 11.0. The molecule has 4 nitrogen and oxygen atoms in total. The van der Waals surface area contributed by atoms with Gasteiger partial charge in [-0.1, -0.05) is 12.1 Å². The van der Waals surface area contributed by atoms with Crippen molar-refractivity contribution < 1.29 is 9.90 Å². The molecule has 1 saturated heterocycles. The van der Waals surface area contributed by atoms with E-state index < -0.39 is 0 Å². The molecule has 1 fully saturated rings. The molecule has 1 amide bonds. The molecular formula is C14H20N2O2. The van der Waals surface area contributed by atoms with Crippen LogP contribution in [-0.4, -0.2) is 54.0 Å². The second-order valence-electron chi connectivity index (χ2n) is 5.03. The Morgan fingerprint density at radius 2 is 2.11 bits per heavy atom. The number of phenolic OH excluding ortho intramolecular Hbond substituents is 1. The number of likely N-dealkylation sites (tertiary alicyclic amines) is 1. The van der Waals surface area contributed by atoms with Gasteiger partial charge in [-0.2, -0.15) is 0 Å². The van der Waals surface area contributed by atoms with Gasteiger partial charge in [-0.3, -0.25) is 4.79 Å². The average Bonchev–Trinajstić information content (AvgIpc) is 2.38. The van der Waals surface area contributed by atoms with Crippen LogP contribution in [0.3, 0.4) is 0 Å². The summed E-state index contributed by atoms with van der Waals surface area (Å²) in [6.07, 6.45) is 2.14. The van der Waals surface area contributed by atoms with Gasteiger partial charge >= 0.3 is 0 Å². The third-order valence-corrected chi connectivity index (χ3v) is 3.55. The number of nitrogens with zero attached hydrogens (tertiary/aromatic N) is 2. The lowest BCUT2D eigenvalue weighted by Crippen LogP contribution is -2.47. The predicted molar refractivity (Wildman–Crippen MR) is 70.7 cm³/mol. The summed E-state index contributed by atoms with van der Waals surface area (Å²) in [5, 5.41) is 9.73. The minimum Gasteiger partial charge on any atom is -0.507 e. The standard InChI is InChI=1S/C14H20N2O2/c1-15(2)11-6-5-9-16(10-11)14(18)12-7-3-4-8-13(12)17/h3-4,7-8,11,17H,5-6,9-10H2,1-2H3. The van der Waals surface area contributed by atoms with Crippen molar-refractivity contribution in [3.63, 3.8) is 0 Å². The van der Waals surface area contributed by atoms with Crippen LogP contribution in [0.15, 0.2) is 24.3 Å². The lowest BCUT2D eigenvalue weighted by molar-refractivity contribution is 0.0632. The van der Waals surface area contributed by atoms with Gasteiger partial charge in [0.1, 0.15) is 5.75 Å². The highest BCUT2D eigenvalue weighted by atomic mass is 16.3. The van der Waals surface area contributed by atoms with E-state index in [1.807, 2.05) is 19.0 Å². The number of carbonyl (C=O) groups excluding carboxylic acids is 1. The molecule has 0 bridgehead atoms. The number of hydrogen-bond donors (Lipinski definition) is 1. The third kappa shape index (κ3) is 2.64. The van der Waals surface area contributed by atoms with E-state index in [-0.39, 0.29) is 11.7 Å². The minimum atomic E-state index is -0.0698. The molecule has 0 spiro atoms. The van der Waals surface area contributed by atoms with Crippen molar-refractivity contribution in [1.82, 2.24) is 9.80 Å². The molecule has 0 aromatic heterocycles. The van der Waals surface area contributed by atoms with Crippen LogP contribution in [0.4, 0.5) is 0 Å². The molecule has 4 heteroatoms. The molecule has 2 rings (SSSR count). The van der Waals surface area contributed by atoms with Crippen molar-refractivity contribution in [1.29, 1.82) is 0 Å². The number of phenols is 1. The van der Waals surface area contributed by atoms with Crippen LogP contribution < -0.4 is 0 Å². The number of para-hydroxylation sites is 1. The predicted octanol–water partition coefficient (Wildman–Crippen LogP) is 1.56. The Kier molecular flexibility index (Phi) is 3.87. The molecule has 1 aromatic rings. The molecule has 0 radical (unpaired) electrons. The zero-order valence-electron chi connectivity index (χ0n) is 11.0. The Balaban J connectivity index is 2.12. The van der Waals surface area contributed by atoms with Gasteiger partial charge in [0.15, 0.2) is 0 Å². The van der Waals surface area contributed by atoms with Gasteiger partial charge in [0.25, 0.3) is 5.91 Å². The summed E-state index contributed by atoms with van der Waals surface area (Å²) in [6, 6.07) is 7.15. The molecule has 1 atom stereocenters. The van der Waals surface area contributed by atoms with E-state index in [9.17, 15) is 9.90 Å². The van der Waals surface area contributed by atoms with E-state index in [4.69, 9.17) is 0 Å². The Morgan fingerprint density at radius 1 is 1.39 bits per heavy atom. The maximum Gasteiger partial charge on any atom is 0.257 e. The SMILES string of the molecule is CN(C)C1CCCN(C(=O)c2ccccc2O)C1. The van der Waals surface area contributed by atoms with Crippen molar-refractivity contribution >= 4 is 5.91 Å². The van der Waals surface area contributed by atoms with Crippen LogP contribution in [-0.2, 0) is 0 Å². The third-order valence-electron chi connectivity index (χ3n) is 3.55. The van der Waals surface area contributed by atoms with Gasteiger partial charge in [-0.25, -0.2) is 0 Å². The first-order valence-corrected chi connectivity index (χ1v) is 6.33. The maximum absolute atomic E-state index is 12.3. The first-order chi connectivity index (χ1) is 8.59. The molecule has 1 aliphatic heterocycles. The summed E-state index contributed by atoms with van der Waals surface area (Å²) in [5.74, 6) is -0.00544. The second-order valence-corrected chi connectivity index (χ2v) is 5.03. The van der Waals surface area contributed by atoms with Crippen molar-refractivity contribution in [2.24, 2.45) is 0 Å². The van der Waals surface area contributed by atoms with Gasteiger partial charge in [0.2, 0.25) is 0 Å². The molecule has 0 aliphatic carbocycles. The van der Waals surface area contributed by atoms with Crippen LogP contribution in [0.5, 0.6) is 5.75 Å². The summed E-state index contributed by atoms with van der Waals surface area (Å²) < 4.78 is 0. The number of benzene rings is 1.